The topological polar surface area (TPSA) is 50.4 Å². The Morgan fingerprint density at radius 1 is 0.841 bits per heavy atom. The Balaban J connectivity index is 0.00000442. The molecule has 0 fully saturated rings. The van der Waals surface area contributed by atoms with Gasteiger partial charge >= 0.3 is 0 Å². The number of rotatable bonds is 14. The minimum atomic E-state index is -0.0858. The summed E-state index contributed by atoms with van der Waals surface area (Å²) >= 11 is 0. The van der Waals surface area contributed by atoms with Crippen LogP contribution >= 0.6 is 12.4 Å². The lowest BCUT2D eigenvalue weighted by Crippen LogP contribution is -2.31. The Labute approximate surface area is 270 Å². The van der Waals surface area contributed by atoms with E-state index >= 15 is 0 Å². The fourth-order valence-corrected chi connectivity index (χ4v) is 6.71. The van der Waals surface area contributed by atoms with Crippen molar-refractivity contribution in [3.05, 3.63) is 131 Å². The fourth-order valence-electron chi connectivity index (χ4n) is 6.71. The number of amides is 1. The van der Waals surface area contributed by atoms with Gasteiger partial charge in [0.05, 0.1) is 7.11 Å². The summed E-state index contributed by atoms with van der Waals surface area (Å²) in [6.07, 6.45) is 9.00. The summed E-state index contributed by atoms with van der Waals surface area (Å²) in [6, 6.07) is 38.8. The van der Waals surface area contributed by atoms with E-state index in [1.54, 1.807) is 7.11 Å². The van der Waals surface area contributed by atoms with E-state index in [4.69, 9.17) is 4.74 Å². The number of aryl methyl sites for hydroxylation is 2. The number of carbonyl (C=O) groups is 1. The second kappa shape index (κ2) is 16.9. The summed E-state index contributed by atoms with van der Waals surface area (Å²) in [5, 5.41) is 6.92. The van der Waals surface area contributed by atoms with Gasteiger partial charge in [-0.05, 0) is 91.3 Å². The zero-order valence-corrected chi connectivity index (χ0v) is 26.8. The van der Waals surface area contributed by atoms with Gasteiger partial charge in [-0.1, -0.05) is 97.4 Å². The molecule has 2 N–H and O–H groups in total. The van der Waals surface area contributed by atoms with Crippen LogP contribution in [0.25, 0.3) is 0 Å². The maximum absolute atomic E-state index is 12.7. The monoisotopic (exact) mass is 610 g/mol. The van der Waals surface area contributed by atoms with Gasteiger partial charge in [0.2, 0.25) is 5.91 Å². The lowest BCUT2D eigenvalue weighted by atomic mass is 9.68. The number of para-hydroxylation sites is 1. The molecule has 0 aromatic heterocycles. The van der Waals surface area contributed by atoms with Crippen LogP contribution in [0.2, 0.25) is 0 Å². The number of nitrogens with one attached hydrogen (secondary N) is 2. The molecule has 232 valence electrons. The zero-order chi connectivity index (χ0) is 29.7. The molecule has 1 aliphatic heterocycles. The van der Waals surface area contributed by atoms with Gasteiger partial charge in [0.1, 0.15) is 5.75 Å². The van der Waals surface area contributed by atoms with Crippen molar-refractivity contribution in [1.82, 2.24) is 5.32 Å². The standard InChI is InChI=1S/C39H46N2O2.ClH/c1-43-36-24-20-31(21-25-36)22-26-38(42)40-29-11-28-39(34-14-4-2-5-15-34,35-16-6-3-7-17-35)27-10-12-32-19-23-33-13-8-9-18-37(33)41-30-32;/h2-9,13-18,20-21,24-25,32,41H,10-12,19,22-23,26-30H2,1H3,(H,40,42);1H. The van der Waals surface area contributed by atoms with Crippen LogP contribution in [-0.2, 0) is 23.1 Å². The second-order valence-corrected chi connectivity index (χ2v) is 12.0. The van der Waals surface area contributed by atoms with Gasteiger partial charge in [-0.3, -0.25) is 4.79 Å². The van der Waals surface area contributed by atoms with Gasteiger partial charge in [-0.2, -0.15) is 0 Å². The van der Waals surface area contributed by atoms with Crippen molar-refractivity contribution in [2.24, 2.45) is 5.92 Å². The van der Waals surface area contributed by atoms with Gasteiger partial charge in [0, 0.05) is 30.6 Å². The first-order chi connectivity index (χ1) is 21.2. The Morgan fingerprint density at radius 3 is 2.16 bits per heavy atom. The molecule has 0 saturated carbocycles. The van der Waals surface area contributed by atoms with Crippen LogP contribution in [0.3, 0.4) is 0 Å². The van der Waals surface area contributed by atoms with Crippen LogP contribution in [0.15, 0.2) is 109 Å². The zero-order valence-electron chi connectivity index (χ0n) is 26.0. The van der Waals surface area contributed by atoms with Crippen molar-refractivity contribution >= 4 is 24.0 Å². The summed E-state index contributed by atoms with van der Waals surface area (Å²) < 4.78 is 5.24. The molecule has 4 aromatic rings. The molecule has 5 heteroatoms. The summed E-state index contributed by atoms with van der Waals surface area (Å²) in [6.45, 7) is 1.73. The van der Waals surface area contributed by atoms with Gasteiger partial charge in [0.15, 0.2) is 0 Å². The molecule has 1 amide bonds. The molecule has 44 heavy (non-hydrogen) atoms. The summed E-state index contributed by atoms with van der Waals surface area (Å²) in [5.74, 6) is 1.62. The largest absolute Gasteiger partial charge is 0.497 e. The van der Waals surface area contributed by atoms with Crippen LogP contribution in [0.4, 0.5) is 5.69 Å². The van der Waals surface area contributed by atoms with E-state index < -0.39 is 0 Å². The minimum Gasteiger partial charge on any atom is -0.497 e. The van der Waals surface area contributed by atoms with Crippen LogP contribution in [0.5, 0.6) is 5.75 Å². The lowest BCUT2D eigenvalue weighted by Gasteiger charge is -2.36. The average Bonchev–Trinajstić information content (AvgIpc) is 3.28. The summed E-state index contributed by atoms with van der Waals surface area (Å²) in [5.41, 5.74) is 6.56. The van der Waals surface area contributed by atoms with E-state index in [2.05, 4.69) is 95.6 Å². The van der Waals surface area contributed by atoms with E-state index in [1.165, 1.54) is 41.6 Å². The van der Waals surface area contributed by atoms with Crippen LogP contribution in [-0.4, -0.2) is 26.1 Å². The predicted octanol–water partition coefficient (Wildman–Crippen LogP) is 8.78. The minimum absolute atomic E-state index is 0. The smallest absolute Gasteiger partial charge is 0.220 e. The first-order valence-electron chi connectivity index (χ1n) is 16.0. The number of benzene rings is 4. The van der Waals surface area contributed by atoms with Gasteiger partial charge in [0.25, 0.3) is 0 Å². The van der Waals surface area contributed by atoms with Crippen LogP contribution in [0.1, 0.15) is 67.2 Å². The number of fused-ring (bicyclic) bond motifs is 1. The van der Waals surface area contributed by atoms with Crippen molar-refractivity contribution in [1.29, 1.82) is 0 Å². The number of hydrogen-bond acceptors (Lipinski definition) is 3. The fraction of sp³-hybridized carbons (Fsp3) is 0.359. The van der Waals surface area contributed by atoms with Crippen molar-refractivity contribution in [2.45, 2.75) is 63.2 Å². The number of ether oxygens (including phenoxy) is 1. The molecule has 0 radical (unpaired) electrons. The van der Waals surface area contributed by atoms with Crippen LogP contribution < -0.4 is 15.4 Å². The van der Waals surface area contributed by atoms with Gasteiger partial charge < -0.3 is 15.4 Å². The molecule has 1 unspecified atom stereocenters. The van der Waals surface area contributed by atoms with E-state index in [0.717, 1.165) is 50.0 Å². The van der Waals surface area contributed by atoms with Crippen molar-refractivity contribution in [3.63, 3.8) is 0 Å². The number of methoxy groups -OCH3 is 1. The molecule has 1 aliphatic rings. The van der Waals surface area contributed by atoms with E-state index in [9.17, 15) is 4.79 Å². The third-order valence-corrected chi connectivity index (χ3v) is 9.19. The normalized spacial score (nSPS) is 14.3. The molecule has 0 aliphatic carbocycles. The number of anilines is 1. The Bertz CT molecular complexity index is 1340. The molecular formula is C39H47ClN2O2. The highest BCUT2D eigenvalue weighted by Crippen LogP contribution is 2.42. The number of hydrogen-bond donors (Lipinski definition) is 2. The third-order valence-electron chi connectivity index (χ3n) is 9.19. The van der Waals surface area contributed by atoms with E-state index in [-0.39, 0.29) is 23.7 Å². The Hall–Kier alpha value is -3.76. The highest BCUT2D eigenvalue weighted by atomic mass is 35.5. The maximum Gasteiger partial charge on any atom is 0.220 e. The van der Waals surface area contributed by atoms with Crippen molar-refractivity contribution in [2.75, 3.05) is 25.5 Å². The Morgan fingerprint density at radius 2 is 1.48 bits per heavy atom. The van der Waals surface area contributed by atoms with Gasteiger partial charge in [-0.15, -0.1) is 12.4 Å². The van der Waals surface area contributed by atoms with Crippen molar-refractivity contribution < 1.29 is 9.53 Å². The van der Waals surface area contributed by atoms with E-state index in [1.807, 2.05) is 24.3 Å². The average molecular weight is 611 g/mol. The molecule has 0 bridgehead atoms. The predicted molar refractivity (Wildman–Crippen MR) is 185 cm³/mol. The van der Waals surface area contributed by atoms with Crippen molar-refractivity contribution in [3.8, 4) is 5.75 Å². The highest BCUT2D eigenvalue weighted by molar-refractivity contribution is 5.85. The second-order valence-electron chi connectivity index (χ2n) is 12.0. The molecule has 0 saturated heterocycles. The Kier molecular flexibility index (Phi) is 12.7. The third kappa shape index (κ3) is 8.89. The quantitative estimate of drug-likeness (QED) is 0.140. The summed E-state index contributed by atoms with van der Waals surface area (Å²) in [4.78, 5) is 12.7. The molecule has 4 nitrogen and oxygen atoms in total. The van der Waals surface area contributed by atoms with Crippen LogP contribution in [0, 0.1) is 5.92 Å². The molecule has 1 heterocycles. The summed E-state index contributed by atoms with van der Waals surface area (Å²) in [7, 11) is 1.67. The molecule has 0 spiro atoms. The number of carbonyl (C=O) groups excluding carboxylic acids is 1. The first-order valence-corrected chi connectivity index (χ1v) is 16.0. The molecule has 1 atom stereocenters. The molecule has 4 aromatic carbocycles. The van der Waals surface area contributed by atoms with E-state index in [0.29, 0.717) is 18.9 Å². The molecule has 5 rings (SSSR count). The highest BCUT2D eigenvalue weighted by Gasteiger charge is 2.33. The number of halogens is 1. The first kappa shape index (κ1) is 33.1. The lowest BCUT2D eigenvalue weighted by molar-refractivity contribution is -0.121. The molecular weight excluding hydrogens is 564 g/mol. The van der Waals surface area contributed by atoms with Gasteiger partial charge in [-0.25, -0.2) is 0 Å². The SMILES string of the molecule is COc1ccc(CCC(=O)NCCCC(CCCC2CCc3ccccc3NC2)(c2ccccc2)c2ccccc2)cc1.Cl. The maximum atomic E-state index is 12.7.